The average Bonchev–Trinajstić information content (AvgIpc) is 3.14. The lowest BCUT2D eigenvalue weighted by atomic mass is 9.88. The molecule has 3 atom stereocenters. The Morgan fingerprint density at radius 3 is 2.37 bits per heavy atom. The van der Waals surface area contributed by atoms with E-state index < -0.39 is 45.3 Å². The summed E-state index contributed by atoms with van der Waals surface area (Å²) in [7, 11) is 0. The molecule has 0 aliphatic carbocycles. The topological polar surface area (TPSA) is 116 Å². The van der Waals surface area contributed by atoms with Gasteiger partial charge < -0.3 is 14.6 Å². The molecular formula is C21H26N2O6S. The van der Waals surface area contributed by atoms with Gasteiger partial charge in [-0.15, -0.1) is 4.31 Å². The second-order valence-electron chi connectivity index (χ2n) is 8.56. The maximum Gasteiger partial charge on any atom is 0.337 e. The van der Waals surface area contributed by atoms with E-state index in [0.29, 0.717) is 12.0 Å². The molecule has 0 saturated carbocycles. The van der Waals surface area contributed by atoms with Crippen LogP contribution in [0.25, 0.3) is 0 Å². The van der Waals surface area contributed by atoms with Gasteiger partial charge >= 0.3 is 11.9 Å². The highest BCUT2D eigenvalue weighted by molar-refractivity contribution is 7.91. The third-order valence-electron chi connectivity index (χ3n) is 5.24. The zero-order valence-electron chi connectivity index (χ0n) is 17.5. The van der Waals surface area contributed by atoms with Crippen LogP contribution in [0.2, 0.25) is 0 Å². The molecule has 2 heterocycles. The summed E-state index contributed by atoms with van der Waals surface area (Å²) >= 11 is -1.81. The van der Waals surface area contributed by atoms with Crippen LogP contribution < -0.4 is 5.32 Å². The average molecular weight is 435 g/mol. The fourth-order valence-electron chi connectivity index (χ4n) is 3.84. The van der Waals surface area contributed by atoms with Gasteiger partial charge in [-0.05, 0) is 39.7 Å². The molecule has 3 unspecified atom stereocenters. The van der Waals surface area contributed by atoms with Gasteiger partial charge in [0, 0.05) is 18.4 Å². The highest BCUT2D eigenvalue weighted by Gasteiger charge is 2.56. The van der Waals surface area contributed by atoms with E-state index in [4.69, 9.17) is 4.74 Å². The van der Waals surface area contributed by atoms with Gasteiger partial charge in [-0.25, -0.2) is 4.79 Å². The molecule has 9 heteroatoms. The molecule has 0 aromatic heterocycles. The predicted octanol–water partition coefficient (Wildman–Crippen LogP) is 1.36. The van der Waals surface area contributed by atoms with Crippen LogP contribution >= 0.6 is 0 Å². The standard InChI is InChI=1S/C21H26N2O6S/c1-5-29-19(27)21(11-10-15(24)22-21)12-13-6-8-14(9-7-13)17-16(25)18(26)23(30(17)28)20(2,3)4/h6-9,17H,5,10-12H2,1-4H3,(H,22,24). The molecule has 0 bridgehead atoms. The van der Waals surface area contributed by atoms with E-state index in [1.165, 1.54) is 0 Å². The molecule has 0 radical (unpaired) electrons. The first-order chi connectivity index (χ1) is 14.0. The van der Waals surface area contributed by atoms with Crippen LogP contribution in [-0.2, 0) is 41.7 Å². The van der Waals surface area contributed by atoms with Gasteiger partial charge in [0.15, 0.2) is 0 Å². The zero-order valence-corrected chi connectivity index (χ0v) is 18.3. The van der Waals surface area contributed by atoms with Crippen molar-refractivity contribution >= 4 is 34.9 Å². The van der Waals surface area contributed by atoms with E-state index in [9.17, 15) is 23.7 Å². The first kappa shape index (κ1) is 22.3. The smallest absolute Gasteiger partial charge is 0.337 e. The van der Waals surface area contributed by atoms with Crippen LogP contribution in [0.5, 0.6) is 0 Å². The quantitative estimate of drug-likeness (QED) is 0.425. The first-order valence-corrected chi connectivity index (χ1v) is 11.0. The number of ether oxygens (including phenoxy) is 1. The van der Waals surface area contributed by atoms with Gasteiger partial charge in [-0.3, -0.25) is 14.4 Å². The number of nitrogens with zero attached hydrogens (tertiary/aromatic N) is 1. The number of amides is 2. The fraction of sp³-hybridized carbons (Fsp3) is 0.524. The summed E-state index contributed by atoms with van der Waals surface area (Å²) in [6, 6.07) is 6.72. The number of carbonyl (C=O) groups is 4. The Morgan fingerprint density at radius 1 is 1.27 bits per heavy atom. The Hall–Kier alpha value is -2.39. The summed E-state index contributed by atoms with van der Waals surface area (Å²) in [5, 5.41) is 1.70. The number of ketones is 1. The minimum Gasteiger partial charge on any atom is -0.592 e. The number of benzene rings is 1. The van der Waals surface area contributed by atoms with Crippen LogP contribution in [0, 0.1) is 0 Å². The van der Waals surface area contributed by atoms with Gasteiger partial charge in [-0.2, -0.15) is 0 Å². The Kier molecular flexibility index (Phi) is 5.97. The lowest BCUT2D eigenvalue weighted by molar-refractivity contribution is -0.151. The Balaban J connectivity index is 1.83. The van der Waals surface area contributed by atoms with Crippen molar-refractivity contribution in [1.82, 2.24) is 9.62 Å². The molecule has 2 aliphatic rings. The van der Waals surface area contributed by atoms with E-state index in [0.717, 1.165) is 9.87 Å². The molecular weight excluding hydrogens is 408 g/mol. The molecule has 0 spiro atoms. The van der Waals surface area contributed by atoms with Crippen molar-refractivity contribution in [3.63, 3.8) is 0 Å². The van der Waals surface area contributed by atoms with E-state index in [-0.39, 0.29) is 25.4 Å². The molecule has 30 heavy (non-hydrogen) atoms. The highest BCUT2D eigenvalue weighted by atomic mass is 32.2. The normalized spacial score (nSPS) is 26.8. The molecule has 1 N–H and O–H groups in total. The molecule has 8 nitrogen and oxygen atoms in total. The maximum absolute atomic E-state index is 12.9. The second-order valence-corrected chi connectivity index (χ2v) is 9.95. The van der Waals surface area contributed by atoms with Crippen molar-refractivity contribution in [1.29, 1.82) is 0 Å². The Bertz CT molecular complexity index is 878. The molecule has 1 aromatic rings. The van der Waals surface area contributed by atoms with Crippen molar-refractivity contribution in [2.24, 2.45) is 0 Å². The minimum atomic E-state index is -1.81. The van der Waals surface area contributed by atoms with Crippen LogP contribution in [0.15, 0.2) is 24.3 Å². The summed E-state index contributed by atoms with van der Waals surface area (Å²) in [6.07, 6.45) is 0.830. The first-order valence-electron chi connectivity index (χ1n) is 9.86. The van der Waals surface area contributed by atoms with Crippen molar-refractivity contribution < 1.29 is 28.5 Å². The number of rotatable bonds is 5. The number of nitrogens with one attached hydrogen (secondary N) is 1. The SMILES string of the molecule is CCOC(=O)C1(Cc2ccc(C3C(=O)C(=O)N(C(C)(C)C)[S+]3[O-])cc2)CCC(=O)N1. The zero-order chi connectivity index (χ0) is 22.3. The molecule has 162 valence electrons. The van der Waals surface area contributed by atoms with Gasteiger partial charge in [0.25, 0.3) is 5.78 Å². The van der Waals surface area contributed by atoms with Gasteiger partial charge in [0.1, 0.15) is 5.54 Å². The number of Topliss-reactive ketones (excluding diaryl/α,β-unsaturated/α-hetero) is 1. The Morgan fingerprint density at radius 2 is 1.90 bits per heavy atom. The number of esters is 1. The van der Waals surface area contributed by atoms with Crippen LogP contribution in [0.4, 0.5) is 0 Å². The third-order valence-corrected chi connectivity index (χ3v) is 7.20. The minimum absolute atomic E-state index is 0.201. The number of hydrogen-bond donors (Lipinski definition) is 1. The van der Waals surface area contributed by atoms with E-state index in [1.807, 2.05) is 0 Å². The molecule has 2 aliphatic heterocycles. The van der Waals surface area contributed by atoms with Crippen LogP contribution in [0.1, 0.15) is 56.9 Å². The number of hydrogen-bond acceptors (Lipinski definition) is 6. The van der Waals surface area contributed by atoms with Gasteiger partial charge in [0.2, 0.25) is 11.2 Å². The molecule has 2 saturated heterocycles. The van der Waals surface area contributed by atoms with E-state index in [1.54, 1.807) is 52.0 Å². The largest absolute Gasteiger partial charge is 0.592 e. The van der Waals surface area contributed by atoms with Gasteiger partial charge in [0.05, 0.1) is 23.5 Å². The monoisotopic (exact) mass is 434 g/mol. The summed E-state index contributed by atoms with van der Waals surface area (Å²) < 4.78 is 19.2. The van der Waals surface area contributed by atoms with Crippen molar-refractivity contribution in [3.05, 3.63) is 35.4 Å². The lowest BCUT2D eigenvalue weighted by Crippen LogP contribution is -2.51. The summed E-state index contributed by atoms with van der Waals surface area (Å²) in [5.74, 6) is -2.11. The van der Waals surface area contributed by atoms with Crippen molar-refractivity contribution in [2.75, 3.05) is 6.61 Å². The maximum atomic E-state index is 12.9. The summed E-state index contributed by atoms with van der Waals surface area (Å²) in [5.41, 5.74) is -0.620. The molecule has 1 aromatic carbocycles. The summed E-state index contributed by atoms with van der Waals surface area (Å²) in [4.78, 5) is 49.1. The third kappa shape index (κ3) is 3.96. The second kappa shape index (κ2) is 8.03. The van der Waals surface area contributed by atoms with Crippen molar-refractivity contribution in [2.45, 2.75) is 63.3 Å². The predicted molar refractivity (Wildman–Crippen MR) is 109 cm³/mol. The van der Waals surface area contributed by atoms with Crippen molar-refractivity contribution in [3.8, 4) is 0 Å². The lowest BCUT2D eigenvalue weighted by Gasteiger charge is -2.30. The Labute approximate surface area is 178 Å². The summed E-state index contributed by atoms with van der Waals surface area (Å²) in [6.45, 7) is 7.10. The van der Waals surface area contributed by atoms with Crippen LogP contribution in [0.3, 0.4) is 0 Å². The van der Waals surface area contributed by atoms with Gasteiger partial charge in [-0.1, -0.05) is 24.3 Å². The van der Waals surface area contributed by atoms with E-state index >= 15 is 0 Å². The van der Waals surface area contributed by atoms with E-state index in [2.05, 4.69) is 5.32 Å². The molecule has 2 fully saturated rings. The van der Waals surface area contributed by atoms with Crippen LogP contribution in [-0.4, -0.2) is 50.1 Å². The number of carbonyl (C=O) groups excluding carboxylic acids is 4. The molecule has 2 amide bonds. The molecule has 3 rings (SSSR count). The fourth-order valence-corrected chi connectivity index (χ4v) is 5.52. The highest BCUT2D eigenvalue weighted by Crippen LogP contribution is 2.38.